The Labute approximate surface area is 230 Å². The fraction of sp³-hybridized carbons (Fsp3) is 0.312. The van der Waals surface area contributed by atoms with Gasteiger partial charge in [-0.25, -0.2) is 0 Å². The molecule has 3 aromatic carbocycles. The summed E-state index contributed by atoms with van der Waals surface area (Å²) in [4.78, 5) is 50.7. The Balaban J connectivity index is 1.56. The van der Waals surface area contributed by atoms with Crippen molar-refractivity contribution in [3.8, 4) is 11.5 Å². The van der Waals surface area contributed by atoms with E-state index in [0.717, 1.165) is 11.1 Å². The average molecular weight is 543 g/mol. The zero-order valence-electron chi connectivity index (χ0n) is 22.3. The van der Waals surface area contributed by atoms with Crippen LogP contribution in [0.4, 0.5) is 0 Å². The molecule has 2 aliphatic rings. The Kier molecular flexibility index (Phi) is 7.43. The highest BCUT2D eigenvalue weighted by Crippen LogP contribution is 2.44. The van der Waals surface area contributed by atoms with Crippen LogP contribution in [0.25, 0.3) is 21.5 Å². The Morgan fingerprint density at radius 1 is 0.600 bits per heavy atom. The molecule has 0 heterocycles. The summed E-state index contributed by atoms with van der Waals surface area (Å²) in [6.45, 7) is 3.70. The number of rotatable bonds is 6. The summed E-state index contributed by atoms with van der Waals surface area (Å²) in [6, 6.07) is 14.0. The highest BCUT2D eigenvalue weighted by molar-refractivity contribution is 6.13. The van der Waals surface area contributed by atoms with Crippen LogP contribution in [0.5, 0.6) is 11.5 Å². The van der Waals surface area contributed by atoms with Crippen LogP contribution < -0.4 is 9.47 Å². The van der Waals surface area contributed by atoms with Gasteiger partial charge in [-0.1, -0.05) is 71.8 Å². The lowest BCUT2D eigenvalue weighted by atomic mass is 9.80. The van der Waals surface area contributed by atoms with Crippen LogP contribution in [0.15, 0.2) is 71.8 Å². The van der Waals surface area contributed by atoms with Crippen LogP contribution in [0.1, 0.15) is 39.5 Å². The van der Waals surface area contributed by atoms with Gasteiger partial charge >= 0.3 is 23.9 Å². The molecule has 0 bridgehead atoms. The van der Waals surface area contributed by atoms with Gasteiger partial charge < -0.3 is 19.7 Å². The van der Waals surface area contributed by atoms with Crippen LogP contribution in [-0.4, -0.2) is 34.1 Å². The molecule has 4 unspecified atom stereocenters. The summed E-state index contributed by atoms with van der Waals surface area (Å²) in [5, 5.41) is 21.6. The molecule has 0 spiro atoms. The summed E-state index contributed by atoms with van der Waals surface area (Å²) in [6.07, 6.45) is 4.84. The molecule has 0 amide bonds. The van der Waals surface area contributed by atoms with Gasteiger partial charge in [0, 0.05) is 21.5 Å². The molecule has 0 saturated heterocycles. The molecule has 2 N–H and O–H groups in total. The van der Waals surface area contributed by atoms with Crippen molar-refractivity contribution in [1.29, 1.82) is 0 Å². The van der Waals surface area contributed by atoms with Crippen molar-refractivity contribution in [3.05, 3.63) is 71.8 Å². The predicted molar refractivity (Wildman–Crippen MR) is 148 cm³/mol. The molecular formula is C32H30O8. The van der Waals surface area contributed by atoms with Crippen LogP contribution in [0.2, 0.25) is 0 Å². The number of ether oxygens (including phenoxy) is 2. The van der Waals surface area contributed by atoms with Crippen LogP contribution in [-0.2, 0) is 19.2 Å². The summed E-state index contributed by atoms with van der Waals surface area (Å²) < 4.78 is 12.0. The molecule has 5 rings (SSSR count). The Morgan fingerprint density at radius 2 is 0.925 bits per heavy atom. The van der Waals surface area contributed by atoms with Gasteiger partial charge in [-0.15, -0.1) is 0 Å². The molecular weight excluding hydrogens is 512 g/mol. The molecule has 0 aliphatic heterocycles. The zero-order chi connectivity index (χ0) is 28.6. The van der Waals surface area contributed by atoms with Crippen molar-refractivity contribution < 1.29 is 38.9 Å². The van der Waals surface area contributed by atoms with Crippen molar-refractivity contribution in [1.82, 2.24) is 0 Å². The topological polar surface area (TPSA) is 127 Å². The minimum Gasteiger partial charge on any atom is -0.481 e. The van der Waals surface area contributed by atoms with Gasteiger partial charge in [0.05, 0.1) is 23.7 Å². The first kappa shape index (κ1) is 27.1. The standard InChI is InChI=1S/C32H30O8/c1-17-11-13-23(25(15-17)29(33)34)31(37)39-27-19-7-3-5-9-21(19)28(22-10-6-4-8-20(22)27)40-32(38)24-14-12-18(2)16-26(24)30(35)36/h3-12,23-26H,13-16H2,1-2H3,(H,33,34)(H,35,36). The van der Waals surface area contributed by atoms with E-state index in [0.29, 0.717) is 21.5 Å². The molecule has 4 atom stereocenters. The third-order valence-corrected chi connectivity index (χ3v) is 7.97. The zero-order valence-corrected chi connectivity index (χ0v) is 22.3. The van der Waals surface area contributed by atoms with Gasteiger partial charge in [0.25, 0.3) is 0 Å². The van der Waals surface area contributed by atoms with E-state index < -0.39 is 47.5 Å². The van der Waals surface area contributed by atoms with Crippen molar-refractivity contribution in [2.45, 2.75) is 39.5 Å². The van der Waals surface area contributed by atoms with Crippen LogP contribution in [0.3, 0.4) is 0 Å². The van der Waals surface area contributed by atoms with Gasteiger partial charge in [0.1, 0.15) is 11.5 Å². The Bertz CT molecular complexity index is 1420. The summed E-state index contributed by atoms with van der Waals surface area (Å²) in [5.41, 5.74) is 1.85. The SMILES string of the molecule is CC1=CCC(C(=O)Oc2c3ccccc3c(OC(=O)C3CC=C(C)CC3C(=O)O)c3ccccc23)C(C(=O)O)C1. The number of aliphatic carboxylic acids is 2. The van der Waals surface area contributed by atoms with Gasteiger partial charge in [0.2, 0.25) is 0 Å². The normalized spacial score (nSPS) is 22.8. The van der Waals surface area contributed by atoms with E-state index in [1.54, 1.807) is 48.5 Å². The largest absolute Gasteiger partial charge is 0.481 e. The van der Waals surface area contributed by atoms with E-state index >= 15 is 0 Å². The molecule has 0 fully saturated rings. The highest BCUT2D eigenvalue weighted by atomic mass is 16.5. The first-order chi connectivity index (χ1) is 19.2. The van der Waals surface area contributed by atoms with E-state index in [2.05, 4.69) is 0 Å². The quantitative estimate of drug-likeness (QED) is 0.170. The first-order valence-corrected chi connectivity index (χ1v) is 13.3. The molecule has 2 aliphatic carbocycles. The number of allylic oxidation sites excluding steroid dienone is 4. The Morgan fingerprint density at radius 3 is 1.23 bits per heavy atom. The molecule has 0 saturated carbocycles. The van der Waals surface area contributed by atoms with E-state index in [4.69, 9.17) is 9.47 Å². The number of fused-ring (bicyclic) bond motifs is 2. The number of hydrogen-bond acceptors (Lipinski definition) is 6. The lowest BCUT2D eigenvalue weighted by molar-refractivity contribution is -0.152. The molecule has 3 aromatic rings. The number of esters is 2. The van der Waals surface area contributed by atoms with Crippen molar-refractivity contribution in [2.75, 3.05) is 0 Å². The second-order valence-corrected chi connectivity index (χ2v) is 10.7. The van der Waals surface area contributed by atoms with Crippen molar-refractivity contribution in [2.24, 2.45) is 23.7 Å². The lowest BCUT2D eigenvalue weighted by Gasteiger charge is -2.27. The molecule has 0 aromatic heterocycles. The van der Waals surface area contributed by atoms with Crippen LogP contribution >= 0.6 is 0 Å². The second kappa shape index (κ2) is 11.0. The maximum atomic E-state index is 13.4. The third-order valence-electron chi connectivity index (χ3n) is 7.97. The number of carboxylic acids is 2. The van der Waals surface area contributed by atoms with E-state index in [1.165, 1.54) is 0 Å². The summed E-state index contributed by atoms with van der Waals surface area (Å²) >= 11 is 0. The number of carboxylic acid groups (broad SMARTS) is 2. The number of benzene rings is 3. The van der Waals surface area contributed by atoms with Gasteiger partial charge in [-0.2, -0.15) is 0 Å². The summed E-state index contributed by atoms with van der Waals surface area (Å²) in [7, 11) is 0. The van der Waals surface area contributed by atoms with E-state index in [1.807, 2.05) is 26.0 Å². The minimum absolute atomic E-state index is 0.256. The van der Waals surface area contributed by atoms with Gasteiger partial charge in [0.15, 0.2) is 0 Å². The number of carbonyl (C=O) groups is 4. The molecule has 40 heavy (non-hydrogen) atoms. The Hall–Kier alpha value is -4.46. The summed E-state index contributed by atoms with van der Waals surface area (Å²) in [5.74, 6) is -6.29. The number of hydrogen-bond donors (Lipinski definition) is 2. The average Bonchev–Trinajstić information content (AvgIpc) is 2.94. The molecule has 0 radical (unpaired) electrons. The van der Waals surface area contributed by atoms with Crippen molar-refractivity contribution >= 4 is 45.4 Å². The maximum absolute atomic E-state index is 13.4. The first-order valence-electron chi connectivity index (χ1n) is 13.3. The van der Waals surface area contributed by atoms with Crippen molar-refractivity contribution in [3.63, 3.8) is 0 Å². The number of carbonyl (C=O) groups excluding carboxylic acids is 2. The molecule has 206 valence electrons. The maximum Gasteiger partial charge on any atom is 0.315 e. The van der Waals surface area contributed by atoms with Gasteiger partial charge in [-0.3, -0.25) is 19.2 Å². The third kappa shape index (κ3) is 5.09. The molecule has 8 heteroatoms. The second-order valence-electron chi connectivity index (χ2n) is 10.7. The van der Waals surface area contributed by atoms with E-state index in [-0.39, 0.29) is 37.2 Å². The molecule has 8 nitrogen and oxygen atoms in total. The fourth-order valence-corrected chi connectivity index (χ4v) is 5.79. The highest BCUT2D eigenvalue weighted by Gasteiger charge is 2.39. The predicted octanol–water partition coefficient (Wildman–Crippen LogP) is 5.92. The van der Waals surface area contributed by atoms with Crippen LogP contribution in [0, 0.1) is 23.7 Å². The monoisotopic (exact) mass is 542 g/mol. The van der Waals surface area contributed by atoms with E-state index in [9.17, 15) is 29.4 Å². The lowest BCUT2D eigenvalue weighted by Crippen LogP contribution is -2.35. The minimum atomic E-state index is -1.04. The smallest absolute Gasteiger partial charge is 0.315 e. The fourth-order valence-electron chi connectivity index (χ4n) is 5.79. The van der Waals surface area contributed by atoms with Gasteiger partial charge in [-0.05, 0) is 39.5 Å².